The summed E-state index contributed by atoms with van der Waals surface area (Å²) in [5, 5.41) is 11.7. The summed E-state index contributed by atoms with van der Waals surface area (Å²) in [6.07, 6.45) is 4.80. The number of nitrogens with zero attached hydrogens (tertiary/aromatic N) is 2. The van der Waals surface area contributed by atoms with Gasteiger partial charge in [-0.15, -0.1) is 0 Å². The molecule has 1 aliphatic carbocycles. The van der Waals surface area contributed by atoms with Crippen LogP contribution < -0.4 is 5.32 Å². The van der Waals surface area contributed by atoms with Crippen LogP contribution in [0.25, 0.3) is 0 Å². The highest BCUT2D eigenvalue weighted by Gasteiger charge is 2.43. The molecule has 6 nitrogen and oxygen atoms in total. The molecule has 6 heteroatoms. The number of pyridine rings is 1. The van der Waals surface area contributed by atoms with E-state index in [0.717, 1.165) is 12.8 Å². The minimum atomic E-state index is -0.875. The summed E-state index contributed by atoms with van der Waals surface area (Å²) >= 11 is 0. The number of hydrogen-bond acceptors (Lipinski definition) is 5. The Morgan fingerprint density at radius 3 is 2.70 bits per heavy atom. The van der Waals surface area contributed by atoms with Gasteiger partial charge in [0.1, 0.15) is 5.54 Å². The number of esters is 1. The van der Waals surface area contributed by atoms with Crippen molar-refractivity contribution in [1.82, 2.24) is 10.3 Å². The molecule has 0 aromatic carbocycles. The Morgan fingerprint density at radius 2 is 2.15 bits per heavy atom. The average molecular weight is 273 g/mol. The third-order valence-corrected chi connectivity index (χ3v) is 3.28. The first kappa shape index (κ1) is 14.0. The third-order valence-electron chi connectivity index (χ3n) is 3.28. The first-order valence-electron chi connectivity index (χ1n) is 6.34. The predicted molar refractivity (Wildman–Crippen MR) is 69.4 cm³/mol. The van der Waals surface area contributed by atoms with Gasteiger partial charge in [-0.25, -0.2) is 4.79 Å². The van der Waals surface area contributed by atoms with Crippen molar-refractivity contribution in [3.05, 3.63) is 30.1 Å². The lowest BCUT2D eigenvalue weighted by atomic mass is 9.98. The van der Waals surface area contributed by atoms with E-state index in [0.29, 0.717) is 5.56 Å². The topological polar surface area (TPSA) is 92.1 Å². The standard InChI is InChI=1S/C14H15N3O3/c1-14(9-15,11-2-3-11)17-12(18)8-20-13(19)10-4-6-16-7-5-10/h4-7,11H,2-3,8H2,1H3,(H,17,18)/t14-/m0/s1. The number of amides is 1. The highest BCUT2D eigenvalue weighted by atomic mass is 16.5. The second-order valence-corrected chi connectivity index (χ2v) is 4.95. The van der Waals surface area contributed by atoms with Crippen molar-refractivity contribution < 1.29 is 14.3 Å². The number of rotatable bonds is 5. The Balaban J connectivity index is 1.84. The van der Waals surface area contributed by atoms with Gasteiger partial charge < -0.3 is 10.1 Å². The van der Waals surface area contributed by atoms with E-state index >= 15 is 0 Å². The van der Waals surface area contributed by atoms with Gasteiger partial charge in [-0.3, -0.25) is 9.78 Å². The number of hydrogen-bond donors (Lipinski definition) is 1. The van der Waals surface area contributed by atoms with E-state index < -0.39 is 24.0 Å². The summed E-state index contributed by atoms with van der Waals surface area (Å²) < 4.78 is 4.89. The molecule has 1 fully saturated rings. The lowest BCUT2D eigenvalue weighted by molar-refractivity contribution is -0.125. The second-order valence-electron chi connectivity index (χ2n) is 4.95. The van der Waals surface area contributed by atoms with Crippen molar-refractivity contribution in [2.24, 2.45) is 5.92 Å². The van der Waals surface area contributed by atoms with Crippen LogP contribution in [0.4, 0.5) is 0 Å². The fourth-order valence-electron chi connectivity index (χ4n) is 1.91. The minimum Gasteiger partial charge on any atom is -0.452 e. The van der Waals surface area contributed by atoms with Crippen LogP contribution in [0.3, 0.4) is 0 Å². The van der Waals surface area contributed by atoms with E-state index in [1.165, 1.54) is 24.5 Å². The number of carbonyl (C=O) groups is 2. The van der Waals surface area contributed by atoms with Crippen LogP contribution in [0.5, 0.6) is 0 Å². The Kier molecular flexibility index (Phi) is 3.99. The zero-order valence-electron chi connectivity index (χ0n) is 11.1. The molecule has 1 saturated carbocycles. The molecule has 0 unspecified atom stereocenters. The summed E-state index contributed by atoms with van der Waals surface area (Å²) in [5.74, 6) is -0.872. The smallest absolute Gasteiger partial charge is 0.338 e. The molecule has 1 aromatic heterocycles. The van der Waals surface area contributed by atoms with Gasteiger partial charge in [-0.1, -0.05) is 0 Å². The number of nitriles is 1. The maximum absolute atomic E-state index is 11.7. The van der Waals surface area contributed by atoms with Gasteiger partial charge in [0, 0.05) is 12.4 Å². The Hall–Kier alpha value is -2.42. The summed E-state index contributed by atoms with van der Waals surface area (Å²) in [6.45, 7) is 1.29. The number of ether oxygens (including phenoxy) is 1. The molecule has 104 valence electrons. The Bertz CT molecular complexity index is 549. The molecule has 1 aliphatic rings. The fourth-order valence-corrected chi connectivity index (χ4v) is 1.91. The average Bonchev–Trinajstić information content (AvgIpc) is 3.30. The lowest BCUT2D eigenvalue weighted by Gasteiger charge is -2.22. The molecule has 0 aliphatic heterocycles. The van der Waals surface area contributed by atoms with Gasteiger partial charge in [0.2, 0.25) is 0 Å². The summed E-state index contributed by atoms with van der Waals surface area (Å²) in [5.41, 5.74) is -0.543. The number of nitrogens with one attached hydrogen (secondary N) is 1. The molecule has 0 saturated heterocycles. The molecule has 2 rings (SSSR count). The highest BCUT2D eigenvalue weighted by molar-refractivity contribution is 5.91. The van der Waals surface area contributed by atoms with Gasteiger partial charge in [-0.2, -0.15) is 5.26 Å². The zero-order valence-corrected chi connectivity index (χ0v) is 11.1. The second kappa shape index (κ2) is 5.70. The van der Waals surface area contributed by atoms with E-state index in [1.54, 1.807) is 6.92 Å². The van der Waals surface area contributed by atoms with Crippen LogP contribution in [0.2, 0.25) is 0 Å². The van der Waals surface area contributed by atoms with Gasteiger partial charge in [0.05, 0.1) is 11.6 Å². The Morgan fingerprint density at radius 1 is 1.50 bits per heavy atom. The first-order valence-corrected chi connectivity index (χ1v) is 6.34. The first-order chi connectivity index (χ1) is 9.55. The maximum Gasteiger partial charge on any atom is 0.338 e. The predicted octanol–water partition coefficient (Wildman–Crippen LogP) is 1.05. The molecule has 1 heterocycles. The van der Waals surface area contributed by atoms with Crippen LogP contribution in [0.1, 0.15) is 30.1 Å². The van der Waals surface area contributed by atoms with Crippen molar-refractivity contribution in [3.63, 3.8) is 0 Å². The van der Waals surface area contributed by atoms with Crippen LogP contribution in [0, 0.1) is 17.2 Å². The lowest BCUT2D eigenvalue weighted by Crippen LogP contribution is -2.48. The summed E-state index contributed by atoms with van der Waals surface area (Å²) in [7, 11) is 0. The molecule has 0 radical (unpaired) electrons. The molecule has 1 aromatic rings. The Labute approximate surface area is 116 Å². The summed E-state index contributed by atoms with van der Waals surface area (Å²) in [6, 6.07) is 5.12. The fraction of sp³-hybridized carbons (Fsp3) is 0.429. The molecule has 0 spiro atoms. The zero-order chi connectivity index (χ0) is 14.6. The third kappa shape index (κ3) is 3.32. The summed E-state index contributed by atoms with van der Waals surface area (Å²) in [4.78, 5) is 27.2. The van der Waals surface area contributed by atoms with Crippen LogP contribution in [-0.4, -0.2) is 29.0 Å². The van der Waals surface area contributed by atoms with Crippen LogP contribution in [-0.2, 0) is 9.53 Å². The van der Waals surface area contributed by atoms with Crippen LogP contribution in [0.15, 0.2) is 24.5 Å². The molecule has 0 bridgehead atoms. The largest absolute Gasteiger partial charge is 0.452 e. The molecule has 1 N–H and O–H groups in total. The van der Waals surface area contributed by atoms with Gasteiger partial charge in [-0.05, 0) is 37.8 Å². The van der Waals surface area contributed by atoms with E-state index in [4.69, 9.17) is 10.00 Å². The van der Waals surface area contributed by atoms with Crippen LogP contribution >= 0.6 is 0 Å². The van der Waals surface area contributed by atoms with E-state index in [-0.39, 0.29) is 5.92 Å². The van der Waals surface area contributed by atoms with Crippen molar-refractivity contribution in [2.75, 3.05) is 6.61 Å². The van der Waals surface area contributed by atoms with E-state index in [9.17, 15) is 9.59 Å². The van der Waals surface area contributed by atoms with Gasteiger partial charge in [0.25, 0.3) is 5.91 Å². The SMILES string of the molecule is C[C@@](C#N)(NC(=O)COC(=O)c1ccncc1)C1CC1. The quantitative estimate of drug-likeness (QED) is 0.809. The van der Waals surface area contributed by atoms with E-state index in [1.807, 2.05) is 0 Å². The number of aromatic nitrogens is 1. The van der Waals surface area contributed by atoms with E-state index in [2.05, 4.69) is 16.4 Å². The van der Waals surface area contributed by atoms with Crippen molar-refractivity contribution in [1.29, 1.82) is 5.26 Å². The maximum atomic E-state index is 11.7. The molecular weight excluding hydrogens is 258 g/mol. The number of carbonyl (C=O) groups excluding carboxylic acids is 2. The normalized spacial score (nSPS) is 16.6. The molecule has 1 amide bonds. The van der Waals surface area contributed by atoms with Crippen molar-refractivity contribution in [2.45, 2.75) is 25.3 Å². The van der Waals surface area contributed by atoms with Gasteiger partial charge >= 0.3 is 5.97 Å². The van der Waals surface area contributed by atoms with Crippen molar-refractivity contribution >= 4 is 11.9 Å². The molecular formula is C14H15N3O3. The monoisotopic (exact) mass is 273 g/mol. The molecule has 20 heavy (non-hydrogen) atoms. The minimum absolute atomic E-state index is 0.187. The molecule has 1 atom stereocenters. The highest BCUT2D eigenvalue weighted by Crippen LogP contribution is 2.39. The van der Waals surface area contributed by atoms with Gasteiger partial charge in [0.15, 0.2) is 6.61 Å². The van der Waals surface area contributed by atoms with Crippen molar-refractivity contribution in [3.8, 4) is 6.07 Å².